The number of benzene rings is 3. The highest BCUT2D eigenvalue weighted by Gasteiger charge is 2.25. The van der Waals surface area contributed by atoms with Crippen molar-refractivity contribution in [3.8, 4) is 11.8 Å². The fraction of sp³-hybridized carbons (Fsp3) is 0.233. The molecule has 0 heterocycles. The van der Waals surface area contributed by atoms with Crippen LogP contribution >= 0.6 is 0 Å². The van der Waals surface area contributed by atoms with Crippen molar-refractivity contribution in [1.82, 2.24) is 10.6 Å². The molecule has 5 N–H and O–H groups in total. The predicted molar refractivity (Wildman–Crippen MR) is 145 cm³/mol. The van der Waals surface area contributed by atoms with Gasteiger partial charge in [0.1, 0.15) is 12.6 Å². The van der Waals surface area contributed by atoms with Crippen LogP contribution in [0.4, 0.5) is 5.69 Å². The summed E-state index contributed by atoms with van der Waals surface area (Å²) in [7, 11) is 0. The van der Waals surface area contributed by atoms with Crippen molar-refractivity contribution >= 4 is 23.3 Å². The Morgan fingerprint density at radius 2 is 1.42 bits per heavy atom. The molecule has 3 aromatic rings. The largest absolute Gasteiger partial charge is 0.391 e. The molecule has 0 bridgehead atoms. The number of carbonyl (C=O) groups is 3. The van der Waals surface area contributed by atoms with Gasteiger partial charge in [-0.2, -0.15) is 0 Å². The molecule has 0 aliphatic rings. The number of Topliss-reactive ketones (excluding diaryl/α,β-unsaturated/α-hetero) is 1. The van der Waals surface area contributed by atoms with Crippen molar-refractivity contribution in [1.29, 1.82) is 0 Å². The van der Waals surface area contributed by atoms with E-state index in [9.17, 15) is 19.5 Å². The molecule has 0 saturated heterocycles. The first kappa shape index (κ1) is 28.3. The maximum Gasteiger partial charge on any atom is 0.251 e. The lowest BCUT2D eigenvalue weighted by Gasteiger charge is -2.19. The van der Waals surface area contributed by atoms with Crippen molar-refractivity contribution in [2.24, 2.45) is 0 Å². The zero-order chi connectivity index (χ0) is 27.5. The van der Waals surface area contributed by atoms with Gasteiger partial charge in [-0.15, -0.1) is 0 Å². The summed E-state index contributed by atoms with van der Waals surface area (Å²) >= 11 is 0. The molecule has 0 aliphatic carbocycles. The highest BCUT2D eigenvalue weighted by Crippen LogP contribution is 2.12. The first-order valence-electron chi connectivity index (χ1n) is 12.2. The van der Waals surface area contributed by atoms with Crippen molar-refractivity contribution in [2.75, 3.05) is 18.5 Å². The van der Waals surface area contributed by atoms with Gasteiger partial charge in [0.25, 0.3) is 5.91 Å². The van der Waals surface area contributed by atoms with Gasteiger partial charge in [-0.05, 0) is 67.9 Å². The summed E-state index contributed by atoms with van der Waals surface area (Å²) in [5, 5.41) is 27.2. The van der Waals surface area contributed by atoms with E-state index in [0.717, 1.165) is 11.1 Å². The number of hydrogen-bond acceptors (Lipinski definition) is 6. The molecule has 0 unspecified atom stereocenters. The minimum Gasteiger partial charge on any atom is -0.391 e. The van der Waals surface area contributed by atoms with Crippen LogP contribution in [0.2, 0.25) is 0 Å². The number of ketones is 1. The number of nitrogens with one attached hydrogen (secondary N) is 3. The highest BCUT2D eigenvalue weighted by atomic mass is 16.3. The first-order chi connectivity index (χ1) is 18.3. The molecule has 0 saturated carbocycles. The van der Waals surface area contributed by atoms with Gasteiger partial charge in [-0.1, -0.05) is 42.2 Å². The number of anilines is 1. The van der Waals surface area contributed by atoms with Crippen LogP contribution in [0.1, 0.15) is 46.9 Å². The third kappa shape index (κ3) is 8.39. The number of aliphatic hydroxyl groups excluding tert-OH is 2. The molecule has 0 aromatic heterocycles. The van der Waals surface area contributed by atoms with E-state index < -0.39 is 30.4 Å². The number of hydrogen-bond donors (Lipinski definition) is 5. The summed E-state index contributed by atoms with van der Waals surface area (Å²) in [5.41, 5.74) is 3.50. The van der Waals surface area contributed by atoms with Crippen LogP contribution in [0.25, 0.3) is 0 Å². The van der Waals surface area contributed by atoms with Gasteiger partial charge in [0.2, 0.25) is 5.91 Å². The summed E-state index contributed by atoms with van der Waals surface area (Å²) in [6.07, 6.45) is -1.14. The molecular formula is C30H31N3O5. The molecule has 3 rings (SSSR count). The Morgan fingerprint density at radius 1 is 0.842 bits per heavy atom. The molecular weight excluding hydrogens is 482 g/mol. The second kappa shape index (κ2) is 13.9. The lowest BCUT2D eigenvalue weighted by atomic mass is 10.1. The summed E-state index contributed by atoms with van der Waals surface area (Å²) in [5.74, 6) is 4.70. The molecule has 3 aromatic carbocycles. The topological polar surface area (TPSA) is 128 Å². The molecule has 8 heteroatoms. The van der Waals surface area contributed by atoms with Gasteiger partial charge >= 0.3 is 0 Å². The first-order valence-corrected chi connectivity index (χ1v) is 12.2. The quantitative estimate of drug-likeness (QED) is 0.265. The monoisotopic (exact) mass is 513 g/mol. The minimum atomic E-state index is -1.19. The van der Waals surface area contributed by atoms with Gasteiger partial charge in [-0.25, -0.2) is 0 Å². The van der Waals surface area contributed by atoms with E-state index in [1.807, 2.05) is 37.3 Å². The standard InChI is InChI=1S/C30H31N3O5/c1-20(24-6-4-3-5-7-24)31-18-28(37)32-26-16-12-23(13-17-26)9-8-22-10-14-25(15-11-22)30(38)33-29(21(2)35)27(36)19-34/h3-7,10-17,20-21,29,31,34-35H,18-19H2,1-2H3,(H,32,37)(H,33,38)/t20-,21+,29-/m0/s1. The molecule has 0 aliphatic heterocycles. The van der Waals surface area contributed by atoms with E-state index in [4.69, 9.17) is 5.11 Å². The average Bonchev–Trinajstić information content (AvgIpc) is 2.94. The summed E-state index contributed by atoms with van der Waals surface area (Å²) < 4.78 is 0. The number of carbonyl (C=O) groups excluding carboxylic acids is 3. The fourth-order valence-electron chi connectivity index (χ4n) is 3.59. The van der Waals surface area contributed by atoms with Gasteiger partial charge in [0.15, 0.2) is 5.78 Å². The molecule has 0 radical (unpaired) electrons. The van der Waals surface area contributed by atoms with Crippen molar-refractivity contribution in [3.05, 3.63) is 101 Å². The normalized spacial score (nSPS) is 12.8. The van der Waals surface area contributed by atoms with E-state index in [1.54, 1.807) is 48.5 Å². The molecule has 38 heavy (non-hydrogen) atoms. The maximum absolute atomic E-state index is 12.4. The molecule has 0 fully saturated rings. The van der Waals surface area contributed by atoms with Crippen molar-refractivity contribution in [2.45, 2.75) is 32.0 Å². The van der Waals surface area contributed by atoms with E-state index in [-0.39, 0.29) is 18.5 Å². The highest BCUT2D eigenvalue weighted by molar-refractivity contribution is 5.98. The lowest BCUT2D eigenvalue weighted by molar-refractivity contribution is -0.125. The second-order valence-electron chi connectivity index (χ2n) is 8.78. The van der Waals surface area contributed by atoms with Gasteiger partial charge in [0.05, 0.1) is 12.6 Å². The van der Waals surface area contributed by atoms with Crippen molar-refractivity contribution in [3.63, 3.8) is 0 Å². The molecule has 196 valence electrons. The van der Waals surface area contributed by atoms with E-state index >= 15 is 0 Å². The van der Waals surface area contributed by atoms with Crippen LogP contribution in [0, 0.1) is 11.8 Å². The second-order valence-corrected chi connectivity index (χ2v) is 8.78. The van der Waals surface area contributed by atoms with Gasteiger partial charge in [0, 0.05) is 28.4 Å². The van der Waals surface area contributed by atoms with Crippen molar-refractivity contribution < 1.29 is 24.6 Å². The Labute approximate surface area is 222 Å². The average molecular weight is 514 g/mol. The zero-order valence-electron chi connectivity index (χ0n) is 21.3. The maximum atomic E-state index is 12.4. The van der Waals surface area contributed by atoms with E-state index in [1.165, 1.54) is 6.92 Å². The Morgan fingerprint density at radius 3 is 1.97 bits per heavy atom. The third-order valence-corrected chi connectivity index (χ3v) is 5.81. The molecule has 8 nitrogen and oxygen atoms in total. The third-order valence-electron chi connectivity index (χ3n) is 5.81. The van der Waals surface area contributed by atoms with Crippen LogP contribution in [0.3, 0.4) is 0 Å². The number of aliphatic hydroxyl groups is 2. The van der Waals surface area contributed by atoms with Gasteiger partial charge < -0.3 is 26.2 Å². The molecule has 2 amide bonds. The zero-order valence-corrected chi connectivity index (χ0v) is 21.3. The number of amides is 2. The van der Waals surface area contributed by atoms with Crippen LogP contribution in [0.5, 0.6) is 0 Å². The van der Waals surface area contributed by atoms with Gasteiger partial charge in [-0.3, -0.25) is 14.4 Å². The predicted octanol–water partition coefficient (Wildman–Crippen LogP) is 2.42. The summed E-state index contributed by atoms with van der Waals surface area (Å²) in [6.45, 7) is 2.78. The van der Waals surface area contributed by atoms with Crippen LogP contribution < -0.4 is 16.0 Å². The Hall–Kier alpha value is -4.29. The molecule has 0 spiro atoms. The fourth-order valence-corrected chi connectivity index (χ4v) is 3.59. The van der Waals surface area contributed by atoms with Crippen LogP contribution in [-0.2, 0) is 9.59 Å². The van der Waals surface area contributed by atoms with E-state index in [0.29, 0.717) is 16.8 Å². The minimum absolute atomic E-state index is 0.0552. The molecule has 3 atom stereocenters. The van der Waals surface area contributed by atoms with Crippen LogP contribution in [-0.4, -0.2) is 53.1 Å². The lowest BCUT2D eigenvalue weighted by Crippen LogP contribution is -2.48. The van der Waals surface area contributed by atoms with Crippen LogP contribution in [0.15, 0.2) is 78.9 Å². The van der Waals surface area contributed by atoms with E-state index in [2.05, 4.69) is 27.8 Å². The Balaban J connectivity index is 1.52. The summed E-state index contributed by atoms with van der Waals surface area (Å²) in [4.78, 5) is 36.4. The smallest absolute Gasteiger partial charge is 0.251 e. The Bertz CT molecular complexity index is 1290. The SMILES string of the molecule is C[C@H](NCC(=O)Nc1ccc(C#Cc2ccc(C(=O)N[C@H](C(=O)CO)[C@@H](C)O)cc2)cc1)c1ccccc1. The Kier molecular flexibility index (Phi) is 10.3. The number of rotatable bonds is 10. The summed E-state index contributed by atoms with van der Waals surface area (Å²) in [6, 6.07) is 22.4.